The van der Waals surface area contributed by atoms with Crippen molar-refractivity contribution in [2.24, 2.45) is 0 Å². The maximum atomic E-state index is 11.8. The monoisotopic (exact) mass is 919 g/mol. The molecule has 0 saturated carbocycles. The summed E-state index contributed by atoms with van der Waals surface area (Å²) in [5.74, 6) is 0.787. The van der Waals surface area contributed by atoms with Gasteiger partial charge in [-0.3, -0.25) is 9.55 Å². The molecule has 0 fully saturated rings. The lowest BCUT2D eigenvalue weighted by Crippen LogP contribution is -2.00. The minimum absolute atomic E-state index is 0.153. The Hall–Kier alpha value is -9.78. The molecule has 16 rings (SSSR count). The van der Waals surface area contributed by atoms with Gasteiger partial charge in [-0.1, -0.05) is 164 Å². The lowest BCUT2D eigenvalue weighted by Gasteiger charge is -2.16. The minimum atomic E-state index is 0.153. The van der Waals surface area contributed by atoms with Crippen LogP contribution in [0.1, 0.15) is 0 Å². The highest BCUT2D eigenvalue weighted by Gasteiger charge is 2.23. The fourth-order valence-electron chi connectivity index (χ4n) is 11.7. The fraction of sp³-hybridized carbons (Fsp3) is 0. The van der Waals surface area contributed by atoms with Crippen molar-refractivity contribution in [3.63, 3.8) is 0 Å². The number of pyridine rings is 1. The second-order valence-electron chi connectivity index (χ2n) is 18.6. The molecule has 8 bridgehead atoms. The van der Waals surface area contributed by atoms with Gasteiger partial charge in [0.1, 0.15) is 11.6 Å². The van der Waals surface area contributed by atoms with Crippen molar-refractivity contribution in [3.8, 4) is 45.2 Å². The van der Waals surface area contributed by atoms with Gasteiger partial charge in [0.15, 0.2) is 0 Å². The summed E-state index contributed by atoms with van der Waals surface area (Å²) in [6.07, 6.45) is 1.88. The van der Waals surface area contributed by atoms with Gasteiger partial charge in [-0.2, -0.15) is 0 Å². The number of phenols is 1. The van der Waals surface area contributed by atoms with E-state index in [1.165, 1.54) is 16.2 Å². The lowest BCUT2D eigenvalue weighted by atomic mass is 9.96. The summed E-state index contributed by atoms with van der Waals surface area (Å²) in [7, 11) is 0. The van der Waals surface area contributed by atoms with Crippen LogP contribution in [0.5, 0.6) is 5.75 Å². The Bertz CT molecular complexity index is 4820. The third-order valence-electron chi connectivity index (χ3n) is 14.8. The van der Waals surface area contributed by atoms with Crippen molar-refractivity contribution in [2.75, 3.05) is 0 Å². The van der Waals surface area contributed by atoms with Crippen molar-refractivity contribution in [1.82, 2.24) is 23.3 Å². The molecule has 6 heterocycles. The molecule has 6 nitrogen and oxygen atoms in total. The highest BCUT2D eigenvalue weighted by atomic mass is 16.3. The van der Waals surface area contributed by atoms with Crippen LogP contribution in [0.3, 0.4) is 0 Å². The average molecular weight is 920 g/mol. The number of fused-ring (bicyclic) bond motifs is 6. The van der Waals surface area contributed by atoms with E-state index in [1.54, 1.807) is 6.07 Å². The normalized spacial score (nSPS) is 11.9. The van der Waals surface area contributed by atoms with Crippen LogP contribution in [-0.4, -0.2) is 28.4 Å². The van der Waals surface area contributed by atoms with Crippen molar-refractivity contribution in [2.45, 2.75) is 0 Å². The Morgan fingerprint density at radius 1 is 0.375 bits per heavy atom. The predicted octanol–water partition coefficient (Wildman–Crippen LogP) is 16.8. The van der Waals surface area contributed by atoms with E-state index < -0.39 is 0 Å². The summed E-state index contributed by atoms with van der Waals surface area (Å²) in [6.45, 7) is 0. The first-order valence-electron chi connectivity index (χ1n) is 24.4. The van der Waals surface area contributed by atoms with Gasteiger partial charge in [0, 0.05) is 49.8 Å². The largest absolute Gasteiger partial charge is 0.507 e. The van der Waals surface area contributed by atoms with Gasteiger partial charge in [-0.15, -0.1) is 0 Å². The molecule has 0 aliphatic heterocycles. The van der Waals surface area contributed by atoms with Gasteiger partial charge < -0.3 is 13.9 Å². The van der Waals surface area contributed by atoms with Crippen LogP contribution in [0.2, 0.25) is 0 Å². The molecule has 0 spiro atoms. The van der Waals surface area contributed by atoms with Crippen LogP contribution < -0.4 is 0 Å². The molecule has 6 heteroatoms. The van der Waals surface area contributed by atoms with E-state index in [0.717, 1.165) is 110 Å². The van der Waals surface area contributed by atoms with Crippen molar-refractivity contribution >= 4 is 98.0 Å². The molecule has 0 aliphatic rings. The number of nitrogens with zero attached hydrogens (tertiary/aromatic N) is 5. The van der Waals surface area contributed by atoms with Gasteiger partial charge in [0.2, 0.25) is 0 Å². The summed E-state index contributed by atoms with van der Waals surface area (Å²) in [6, 6.07) is 84.1. The fourth-order valence-corrected chi connectivity index (χ4v) is 11.7. The second-order valence-corrected chi connectivity index (χ2v) is 18.6. The van der Waals surface area contributed by atoms with E-state index in [4.69, 9.17) is 9.97 Å². The first kappa shape index (κ1) is 40.1. The summed E-state index contributed by atoms with van der Waals surface area (Å²) < 4.78 is 7.19. The topological polar surface area (TPSA) is 59.8 Å². The number of rotatable bonds is 4. The molecule has 6 aromatic heterocycles. The van der Waals surface area contributed by atoms with Crippen LogP contribution in [0, 0.1) is 0 Å². The molecule has 0 amide bonds. The molecule has 336 valence electrons. The van der Waals surface area contributed by atoms with E-state index in [0.29, 0.717) is 11.4 Å². The number of hydrogen-bond donors (Lipinski definition) is 1. The Morgan fingerprint density at radius 2 is 1.01 bits per heavy atom. The van der Waals surface area contributed by atoms with Crippen molar-refractivity contribution in [1.29, 1.82) is 0 Å². The summed E-state index contributed by atoms with van der Waals surface area (Å²) >= 11 is 0. The quantitative estimate of drug-likeness (QED) is 0.191. The number of aromatic hydroxyl groups is 1. The average Bonchev–Trinajstić information content (AvgIpc) is 4.11. The molecular formula is C66H41N5O. The van der Waals surface area contributed by atoms with E-state index in [1.807, 2.05) is 30.5 Å². The van der Waals surface area contributed by atoms with Crippen LogP contribution in [-0.2, 0) is 0 Å². The second kappa shape index (κ2) is 15.6. The Morgan fingerprint density at radius 3 is 1.82 bits per heavy atom. The Balaban J connectivity index is 1.27. The molecule has 72 heavy (non-hydrogen) atoms. The molecule has 0 aliphatic carbocycles. The summed E-state index contributed by atoms with van der Waals surface area (Å²) in [4.78, 5) is 10.7. The number of para-hydroxylation sites is 5. The van der Waals surface area contributed by atoms with Gasteiger partial charge in [-0.05, 0) is 105 Å². The molecule has 0 radical (unpaired) electrons. The third-order valence-corrected chi connectivity index (χ3v) is 14.8. The standard InChI is InChI=1S/C66H41N5O/c72-62-34-13-9-25-52(62)66-68-64-53-39-43(40-61(64)71(66)56-29-10-6-20-44(56)41-18-2-1-3-19-41)69-57-30-11-7-23-48(57)50-27-17-33-60(65(50)69)70-58-31-12-8-24-51(58)63-49(26-16-32-59(63)70)46-22-5-4-21-45(46)47-36-35-42(53)38-54(47)55-28-14-15-37-67-55/h1-40,72H. The summed E-state index contributed by atoms with van der Waals surface area (Å²) in [5, 5.41) is 22.9. The van der Waals surface area contributed by atoms with E-state index in [9.17, 15) is 5.11 Å². The smallest absolute Gasteiger partial charge is 0.149 e. The number of benzene rings is 10. The highest BCUT2D eigenvalue weighted by molar-refractivity contribution is 6.25. The molecule has 0 unspecified atom stereocenters. The van der Waals surface area contributed by atoms with Crippen molar-refractivity contribution in [3.05, 3.63) is 243 Å². The summed E-state index contributed by atoms with van der Waals surface area (Å²) in [5.41, 5.74) is 13.7. The maximum Gasteiger partial charge on any atom is 0.149 e. The van der Waals surface area contributed by atoms with Crippen LogP contribution in [0.15, 0.2) is 243 Å². The maximum absolute atomic E-state index is 11.8. The van der Waals surface area contributed by atoms with Gasteiger partial charge in [0.25, 0.3) is 0 Å². The minimum Gasteiger partial charge on any atom is -0.507 e. The molecule has 0 atom stereocenters. The Labute approximate surface area is 412 Å². The van der Waals surface area contributed by atoms with Crippen LogP contribution in [0.4, 0.5) is 0 Å². The predicted molar refractivity (Wildman–Crippen MR) is 299 cm³/mol. The molecule has 1 N–H and O–H groups in total. The molecule has 0 saturated heterocycles. The Kier molecular flexibility index (Phi) is 8.71. The first-order valence-corrected chi connectivity index (χ1v) is 24.4. The lowest BCUT2D eigenvalue weighted by molar-refractivity contribution is 0.477. The SMILES string of the molecule is Oc1ccccc1-c1nc2c3cc(cc2n1-c1ccccc1-c1ccccc1)n1c2ccccc2c2cccc(c21)n1c2ccccc2c2c(cccc21)c1ccccc1c1ccc3cc1-c1ccccn1. The molecule has 16 aromatic rings. The van der Waals surface area contributed by atoms with Crippen LogP contribution >= 0.6 is 0 Å². The zero-order valence-corrected chi connectivity index (χ0v) is 38.8. The van der Waals surface area contributed by atoms with E-state index in [2.05, 4.69) is 220 Å². The van der Waals surface area contributed by atoms with Crippen molar-refractivity contribution < 1.29 is 5.11 Å². The molecule has 10 aromatic carbocycles. The highest BCUT2D eigenvalue weighted by Crippen LogP contribution is 2.43. The zero-order valence-electron chi connectivity index (χ0n) is 38.8. The van der Waals surface area contributed by atoms with E-state index in [-0.39, 0.29) is 5.75 Å². The number of phenolic OH excluding ortho intramolecular Hbond substituents is 1. The first-order chi connectivity index (χ1) is 35.7. The van der Waals surface area contributed by atoms with Gasteiger partial charge in [-0.25, -0.2) is 4.98 Å². The number of aromatic nitrogens is 5. The van der Waals surface area contributed by atoms with E-state index >= 15 is 0 Å². The molecular weight excluding hydrogens is 879 g/mol. The number of hydrogen-bond acceptors (Lipinski definition) is 3. The third kappa shape index (κ3) is 5.84. The zero-order chi connectivity index (χ0) is 47.4. The van der Waals surface area contributed by atoms with Gasteiger partial charge >= 0.3 is 0 Å². The number of imidazole rings is 1. The van der Waals surface area contributed by atoms with Gasteiger partial charge in [0.05, 0.1) is 55.6 Å². The van der Waals surface area contributed by atoms with Crippen LogP contribution in [0.25, 0.3) is 137 Å².